The summed E-state index contributed by atoms with van der Waals surface area (Å²) in [5.74, 6) is 0.865. The maximum atomic E-state index is 11.4. The molecule has 0 radical (unpaired) electrons. The number of benzene rings is 6. The van der Waals surface area contributed by atoms with E-state index in [9.17, 15) is 26.5 Å². The van der Waals surface area contributed by atoms with Crippen molar-refractivity contribution in [3.8, 4) is 23.0 Å². The van der Waals surface area contributed by atoms with Gasteiger partial charge >= 0.3 is 0 Å². The summed E-state index contributed by atoms with van der Waals surface area (Å²) in [6.07, 6.45) is 0. The fourth-order valence-electron chi connectivity index (χ4n) is 5.48. The molecule has 4 N–H and O–H groups in total. The lowest BCUT2D eigenvalue weighted by Gasteiger charge is -2.09. The number of rotatable bonds is 12. The van der Waals surface area contributed by atoms with Crippen molar-refractivity contribution in [2.24, 2.45) is 30.7 Å². The molecular weight excluding hydrogens is 803 g/mol. The van der Waals surface area contributed by atoms with Gasteiger partial charge in [-0.3, -0.25) is 9.11 Å². The smallest absolute Gasteiger partial charge is 0.294 e. The van der Waals surface area contributed by atoms with Crippen LogP contribution in [0.3, 0.4) is 0 Å². The van der Waals surface area contributed by atoms with Crippen LogP contribution in [0.4, 0.5) is 39.8 Å². The third-order valence-electron chi connectivity index (χ3n) is 8.45. The van der Waals surface area contributed by atoms with Crippen molar-refractivity contribution >= 4 is 70.8 Å². The maximum Gasteiger partial charge on any atom is 0.294 e. The third kappa shape index (κ3) is 11.0. The Hall–Kier alpha value is -6.80. The number of methoxy groups -OCH3 is 3. The number of aromatic hydroxyl groups is 1. The molecule has 0 heterocycles. The fourth-order valence-corrected chi connectivity index (χ4v) is 6.52. The molecule has 0 atom stereocenters. The molecule has 19 heteroatoms. The molecule has 0 saturated heterocycles. The van der Waals surface area contributed by atoms with Crippen LogP contribution in [-0.4, -0.2) is 59.4 Å². The largest absolute Gasteiger partial charge is 0.507 e. The minimum absolute atomic E-state index is 0.131. The van der Waals surface area contributed by atoms with Crippen molar-refractivity contribution in [1.82, 2.24) is 0 Å². The van der Waals surface area contributed by atoms with Gasteiger partial charge in [-0.1, -0.05) is 18.2 Å². The van der Waals surface area contributed by atoms with E-state index < -0.39 is 20.2 Å². The van der Waals surface area contributed by atoms with Crippen LogP contribution >= 0.6 is 0 Å². The topological polar surface area (TPSA) is 243 Å². The molecule has 6 rings (SSSR count). The molecule has 0 aliphatic carbocycles. The van der Waals surface area contributed by atoms with Gasteiger partial charge in [0, 0.05) is 48.1 Å². The molecule has 0 spiro atoms. The van der Waals surface area contributed by atoms with Crippen LogP contribution in [0, 0.1) is 13.8 Å². The van der Waals surface area contributed by atoms with E-state index in [1.165, 1.54) is 32.4 Å². The predicted molar refractivity (Wildman–Crippen MR) is 222 cm³/mol. The van der Waals surface area contributed by atoms with E-state index in [1.807, 2.05) is 50.2 Å². The summed E-state index contributed by atoms with van der Waals surface area (Å²) in [5.41, 5.74) is 5.62. The van der Waals surface area contributed by atoms with Crippen molar-refractivity contribution in [1.29, 1.82) is 0 Å². The number of ether oxygens (including phenoxy) is 3. The van der Waals surface area contributed by atoms with Gasteiger partial charge in [0.2, 0.25) is 0 Å². The van der Waals surface area contributed by atoms with Gasteiger partial charge in [0.15, 0.2) is 0 Å². The second-order valence-electron chi connectivity index (χ2n) is 12.5. The molecule has 6 aromatic rings. The van der Waals surface area contributed by atoms with Gasteiger partial charge in [0.25, 0.3) is 20.2 Å². The highest BCUT2D eigenvalue weighted by Gasteiger charge is 2.16. The third-order valence-corrected chi connectivity index (χ3v) is 10.1. The van der Waals surface area contributed by atoms with E-state index in [2.05, 4.69) is 36.0 Å². The van der Waals surface area contributed by atoms with Gasteiger partial charge < -0.3 is 24.6 Å². The number of phenols is 1. The number of anilines is 2. The van der Waals surface area contributed by atoms with E-state index >= 15 is 0 Å². The molecule has 6 aromatic carbocycles. The first-order chi connectivity index (χ1) is 28.0. The fraction of sp³-hybridized carbons (Fsp3) is 0.150. The summed E-state index contributed by atoms with van der Waals surface area (Å²) in [5, 5.41) is 39.1. The van der Waals surface area contributed by atoms with E-state index in [1.54, 1.807) is 50.6 Å². The molecule has 17 nitrogen and oxygen atoms in total. The zero-order chi connectivity index (χ0) is 42.9. The quantitative estimate of drug-likeness (QED) is 0.0667. The number of aryl methyl sites for hydroxylation is 2. The van der Waals surface area contributed by atoms with Crippen molar-refractivity contribution in [3.63, 3.8) is 0 Å². The average Bonchev–Trinajstić information content (AvgIpc) is 3.20. The number of nitrogens with zero attached hydrogens (tertiary/aromatic N) is 6. The van der Waals surface area contributed by atoms with Gasteiger partial charge in [-0.15, -0.1) is 10.2 Å². The number of phenolic OH excluding ortho intramolecular Hbond substituents is 1. The van der Waals surface area contributed by atoms with Crippen molar-refractivity contribution < 1.29 is 45.3 Å². The number of azo groups is 3. The van der Waals surface area contributed by atoms with Crippen molar-refractivity contribution in [2.45, 2.75) is 23.6 Å². The van der Waals surface area contributed by atoms with Gasteiger partial charge in [0.05, 0.1) is 42.5 Å². The van der Waals surface area contributed by atoms with Crippen LogP contribution in [0.15, 0.2) is 144 Å². The lowest BCUT2D eigenvalue weighted by molar-refractivity contribution is 0.413. The predicted octanol–water partition coefficient (Wildman–Crippen LogP) is 10.7. The lowest BCUT2D eigenvalue weighted by Crippen LogP contribution is -1.98. The summed E-state index contributed by atoms with van der Waals surface area (Å²) in [6, 6.07) is 27.7. The lowest BCUT2D eigenvalue weighted by atomic mass is 10.1. The van der Waals surface area contributed by atoms with Gasteiger partial charge in [0.1, 0.15) is 40.1 Å². The number of hydrogen-bond acceptors (Lipinski definition) is 15. The zero-order valence-electron chi connectivity index (χ0n) is 32.5. The number of para-hydroxylation sites is 1. The Bertz CT molecular complexity index is 2820. The minimum Gasteiger partial charge on any atom is -0.507 e. The van der Waals surface area contributed by atoms with E-state index in [0.717, 1.165) is 34.6 Å². The Morgan fingerprint density at radius 3 is 1.59 bits per heavy atom. The second kappa shape index (κ2) is 18.6. The molecule has 0 saturated carbocycles. The molecule has 0 fully saturated rings. The average molecular weight is 842 g/mol. The zero-order valence-corrected chi connectivity index (χ0v) is 34.1. The molecule has 0 bridgehead atoms. The van der Waals surface area contributed by atoms with E-state index in [0.29, 0.717) is 45.0 Å². The Kier molecular flexibility index (Phi) is 13.7. The highest BCUT2D eigenvalue weighted by Crippen LogP contribution is 2.40. The van der Waals surface area contributed by atoms with Crippen LogP contribution in [0.25, 0.3) is 10.8 Å². The highest BCUT2D eigenvalue weighted by molar-refractivity contribution is 7.86. The van der Waals surface area contributed by atoms with Gasteiger partial charge in [-0.25, -0.2) is 0 Å². The normalized spacial score (nSPS) is 11.9. The number of nitrogens with one attached hydrogen (secondary N) is 1. The van der Waals surface area contributed by atoms with Crippen molar-refractivity contribution in [2.75, 3.05) is 33.7 Å². The summed E-state index contributed by atoms with van der Waals surface area (Å²) in [7, 11) is -2.77. The molecule has 0 aromatic heterocycles. The SMILES string of the molecule is CN=Nc1cc(C)c(N=Nc2cc(C)c(N=Nc3ccc(S(=O)(=O)O)cc3OC)cc2OC)cc1OC.O=S(=O)(O)c1cc(O)c2ccc(Nc3ccccc3)cc2c1. The molecule has 306 valence electrons. The summed E-state index contributed by atoms with van der Waals surface area (Å²) in [6.45, 7) is 3.70. The monoisotopic (exact) mass is 841 g/mol. The molecular formula is C40H39N7O10S2. The summed E-state index contributed by atoms with van der Waals surface area (Å²) < 4.78 is 79.6. The van der Waals surface area contributed by atoms with E-state index in [4.69, 9.17) is 18.8 Å². The van der Waals surface area contributed by atoms with Crippen LogP contribution < -0.4 is 19.5 Å². The van der Waals surface area contributed by atoms with Crippen LogP contribution in [-0.2, 0) is 20.2 Å². The van der Waals surface area contributed by atoms with Crippen LogP contribution in [0.1, 0.15) is 11.1 Å². The maximum absolute atomic E-state index is 11.4. The highest BCUT2D eigenvalue weighted by atomic mass is 32.2. The molecule has 59 heavy (non-hydrogen) atoms. The summed E-state index contributed by atoms with van der Waals surface area (Å²) >= 11 is 0. The Balaban J connectivity index is 0.000000254. The van der Waals surface area contributed by atoms with Crippen LogP contribution in [0.5, 0.6) is 23.0 Å². The van der Waals surface area contributed by atoms with Gasteiger partial charge in [-0.2, -0.15) is 37.3 Å². The number of hydrogen-bond donors (Lipinski definition) is 4. The van der Waals surface area contributed by atoms with Crippen molar-refractivity contribution in [3.05, 3.63) is 114 Å². The first kappa shape index (κ1) is 43.3. The van der Waals surface area contributed by atoms with Crippen LogP contribution in [0.2, 0.25) is 0 Å². The second-order valence-corrected chi connectivity index (χ2v) is 15.3. The minimum atomic E-state index is -4.38. The number of fused-ring (bicyclic) bond motifs is 1. The van der Waals surface area contributed by atoms with Gasteiger partial charge in [-0.05, 0) is 91.0 Å². The first-order valence-electron chi connectivity index (χ1n) is 17.3. The first-order valence-corrected chi connectivity index (χ1v) is 20.1. The Labute approximate surface area is 340 Å². The summed E-state index contributed by atoms with van der Waals surface area (Å²) in [4.78, 5) is -0.650. The Morgan fingerprint density at radius 1 is 0.525 bits per heavy atom. The molecule has 0 unspecified atom stereocenters. The molecule has 0 aliphatic rings. The standard InChI is InChI=1S/C24H26N6O6S.C16H13NO4S/c1-14-9-20(26-25-3)23(35-5)12-19(14)29-30-21-10-15(2)18(13-24(21)36-6)28-27-17-8-7-16(37(31,32)33)11-22(17)34-4;18-16-10-14(22(19,20)21)9-11-8-13(6-7-15(11)16)17-12-4-2-1-3-5-12/h7-13H,1-6H3,(H,31,32,33);1-10,17-18H,(H,19,20,21). The van der Waals surface area contributed by atoms with E-state index in [-0.39, 0.29) is 27.0 Å². The molecule has 0 amide bonds. The molecule has 0 aliphatic heterocycles. The Morgan fingerprint density at radius 2 is 1.05 bits per heavy atom.